The van der Waals surface area contributed by atoms with Gasteiger partial charge in [-0.25, -0.2) is 0 Å². The fourth-order valence-electron chi connectivity index (χ4n) is 5.62. The Balaban J connectivity index is 1.50. The number of hydrogen-bond acceptors (Lipinski definition) is 19. The molecule has 3 saturated heterocycles. The fourth-order valence-corrected chi connectivity index (χ4v) is 5.62. The van der Waals surface area contributed by atoms with Gasteiger partial charge in [0.05, 0.1) is 18.8 Å². The van der Waals surface area contributed by atoms with Crippen molar-refractivity contribution in [3.8, 4) is 0 Å². The van der Waals surface area contributed by atoms with Crippen LogP contribution in [0.3, 0.4) is 0 Å². The van der Waals surface area contributed by atoms with Gasteiger partial charge in [-0.3, -0.25) is 4.79 Å². The van der Waals surface area contributed by atoms with E-state index in [1.807, 2.05) is 0 Å². The summed E-state index contributed by atoms with van der Waals surface area (Å²) in [6, 6.07) is -4.43. The van der Waals surface area contributed by atoms with E-state index < -0.39 is 123 Å². The minimum absolute atomic E-state index is 0.0665. The molecular formula is C23H44N6O13. The highest BCUT2D eigenvalue weighted by atomic mass is 16.8. The molecule has 0 aromatic heterocycles. The molecule has 0 radical (unpaired) electrons. The molecule has 4 rings (SSSR count). The summed E-state index contributed by atoms with van der Waals surface area (Å²) < 4.78 is 34.5. The summed E-state index contributed by atoms with van der Waals surface area (Å²) in [5.41, 5.74) is 35.4. The first-order valence-corrected chi connectivity index (χ1v) is 13.7. The molecule has 18 atom stereocenters. The van der Waals surface area contributed by atoms with Crippen LogP contribution in [0.25, 0.3) is 0 Å². The van der Waals surface area contributed by atoms with Gasteiger partial charge in [-0.15, -0.1) is 0 Å². The minimum Gasteiger partial charge on any atom is -0.394 e. The van der Waals surface area contributed by atoms with Gasteiger partial charge in [0, 0.05) is 25.2 Å². The van der Waals surface area contributed by atoms with E-state index in [9.17, 15) is 35.4 Å². The summed E-state index contributed by atoms with van der Waals surface area (Å²) in [5.74, 6) is -0.765. The van der Waals surface area contributed by atoms with Gasteiger partial charge in [0.1, 0.15) is 67.1 Å². The largest absolute Gasteiger partial charge is 0.394 e. The van der Waals surface area contributed by atoms with Gasteiger partial charge in [0.15, 0.2) is 24.7 Å². The van der Waals surface area contributed by atoms with Gasteiger partial charge < -0.3 is 93.5 Å². The average molecular weight is 613 g/mol. The summed E-state index contributed by atoms with van der Waals surface area (Å²) in [5, 5.41) is 62.5. The molecule has 19 nitrogen and oxygen atoms in total. The second-order valence-electron chi connectivity index (χ2n) is 11.1. The zero-order chi connectivity index (χ0) is 31.0. The van der Waals surface area contributed by atoms with E-state index in [1.165, 1.54) is 0 Å². The van der Waals surface area contributed by atoms with Gasteiger partial charge in [-0.05, 0) is 6.42 Å². The molecule has 0 aromatic rings. The lowest BCUT2D eigenvalue weighted by Crippen LogP contribution is -2.67. The second kappa shape index (κ2) is 13.9. The van der Waals surface area contributed by atoms with Crippen LogP contribution < -0.4 is 34.4 Å². The Bertz CT molecular complexity index is 911. The molecule has 0 spiro atoms. The minimum atomic E-state index is -1.62. The number of hydrogen-bond donors (Lipinski definition) is 12. The van der Waals surface area contributed by atoms with Crippen molar-refractivity contribution < 1.29 is 63.9 Å². The third kappa shape index (κ3) is 6.49. The summed E-state index contributed by atoms with van der Waals surface area (Å²) in [7, 11) is 0. The van der Waals surface area contributed by atoms with Crippen molar-refractivity contribution >= 4 is 5.78 Å². The third-order valence-corrected chi connectivity index (χ3v) is 8.20. The number of Topliss-reactive ketones (excluding diaryl/α,β-unsaturated/α-hetero) is 1. The van der Waals surface area contributed by atoms with Crippen molar-refractivity contribution in [2.75, 3.05) is 19.7 Å². The molecule has 0 bridgehead atoms. The van der Waals surface area contributed by atoms with Crippen LogP contribution in [0.15, 0.2) is 0 Å². The first-order chi connectivity index (χ1) is 19.8. The quantitative estimate of drug-likeness (QED) is 0.115. The van der Waals surface area contributed by atoms with E-state index in [0.29, 0.717) is 0 Å². The molecule has 0 aromatic carbocycles. The molecule has 0 unspecified atom stereocenters. The normalized spacial score (nSPS) is 52.0. The third-order valence-electron chi connectivity index (χ3n) is 8.20. The van der Waals surface area contributed by atoms with Gasteiger partial charge in [-0.1, -0.05) is 0 Å². The smallest absolute Gasteiger partial charge is 0.187 e. The first-order valence-electron chi connectivity index (χ1n) is 13.7. The summed E-state index contributed by atoms with van der Waals surface area (Å²) >= 11 is 0. The number of aliphatic hydroxyl groups excluding tert-OH is 6. The van der Waals surface area contributed by atoms with E-state index in [4.69, 9.17) is 62.8 Å². The predicted octanol–water partition coefficient (Wildman–Crippen LogP) is -8.69. The maximum atomic E-state index is 12.4. The zero-order valence-electron chi connectivity index (χ0n) is 22.7. The molecule has 18 N–H and O–H groups in total. The Morgan fingerprint density at radius 3 is 1.86 bits per heavy atom. The van der Waals surface area contributed by atoms with Crippen LogP contribution in [0.1, 0.15) is 6.42 Å². The Hall–Kier alpha value is -1.05. The molecular weight excluding hydrogens is 568 g/mol. The lowest BCUT2D eigenvalue weighted by atomic mass is 9.84. The van der Waals surface area contributed by atoms with Crippen LogP contribution in [0.4, 0.5) is 0 Å². The monoisotopic (exact) mass is 612 g/mol. The second-order valence-corrected chi connectivity index (χ2v) is 11.1. The maximum Gasteiger partial charge on any atom is 0.187 e. The number of ketones is 1. The molecule has 244 valence electrons. The van der Waals surface area contributed by atoms with Crippen LogP contribution in [0, 0.1) is 0 Å². The fraction of sp³-hybridized carbons (Fsp3) is 0.957. The highest BCUT2D eigenvalue weighted by molar-refractivity contribution is 5.89. The van der Waals surface area contributed by atoms with E-state index in [-0.39, 0.29) is 19.5 Å². The van der Waals surface area contributed by atoms with Crippen molar-refractivity contribution in [2.24, 2.45) is 34.4 Å². The van der Waals surface area contributed by atoms with E-state index >= 15 is 0 Å². The highest BCUT2D eigenvalue weighted by Gasteiger charge is 2.54. The first kappa shape index (κ1) is 33.8. The summed E-state index contributed by atoms with van der Waals surface area (Å²) in [6.07, 6.45) is -18.9. The van der Waals surface area contributed by atoms with E-state index in [2.05, 4.69) is 0 Å². The molecule has 1 aliphatic carbocycles. The van der Waals surface area contributed by atoms with Crippen LogP contribution in [-0.4, -0.2) is 166 Å². The molecule has 4 fully saturated rings. The molecule has 4 aliphatic rings. The Labute approximate surface area is 240 Å². The topological polar surface area (TPSA) is 350 Å². The number of rotatable bonds is 9. The average Bonchev–Trinajstić information content (AvgIpc) is 3.27. The number of ether oxygens (including phenoxy) is 6. The zero-order valence-corrected chi connectivity index (χ0v) is 22.7. The summed E-state index contributed by atoms with van der Waals surface area (Å²) in [6.45, 7) is -1.04. The number of carbonyl (C=O) groups excluding carboxylic acids is 1. The Kier molecular flexibility index (Phi) is 11.2. The standard InChI is InChI=1S/C23H44N6O13/c24-2-7-13(32)15(34)10(28)21(37-7)40-18-6(27)1-5(26)12(31)20(18)42-23-17(36)19(9(4-30)39-23)41-22-11(29)16(35)14(33)8(3-25)38-22/h5-14,16-23,30-33,35-36H,1-4,24-29H2/t5-,6+,7-,8+,9+,10-,11-,12+,13-,14-,16-,17+,18-,19+,20-,21-,22-,23-/m1/s1. The van der Waals surface area contributed by atoms with Gasteiger partial charge in [0.25, 0.3) is 0 Å². The van der Waals surface area contributed by atoms with Crippen molar-refractivity contribution in [3.05, 3.63) is 0 Å². The van der Waals surface area contributed by atoms with Crippen molar-refractivity contribution in [3.63, 3.8) is 0 Å². The number of carbonyl (C=O) groups is 1. The lowest BCUT2D eigenvalue weighted by Gasteiger charge is -2.46. The van der Waals surface area contributed by atoms with Gasteiger partial charge in [0.2, 0.25) is 0 Å². The molecule has 3 aliphatic heterocycles. The molecule has 19 heteroatoms. The molecule has 0 amide bonds. The van der Waals surface area contributed by atoms with E-state index in [1.54, 1.807) is 0 Å². The summed E-state index contributed by atoms with van der Waals surface area (Å²) in [4.78, 5) is 12.4. The number of aliphatic hydroxyl groups is 6. The Morgan fingerprint density at radius 2 is 1.24 bits per heavy atom. The highest BCUT2D eigenvalue weighted by Crippen LogP contribution is 2.34. The molecule has 1 saturated carbocycles. The van der Waals surface area contributed by atoms with Crippen LogP contribution in [-0.2, 0) is 33.2 Å². The maximum absolute atomic E-state index is 12.4. The predicted molar refractivity (Wildman–Crippen MR) is 137 cm³/mol. The Morgan fingerprint density at radius 1 is 0.667 bits per heavy atom. The van der Waals surface area contributed by atoms with Crippen molar-refractivity contribution in [1.29, 1.82) is 0 Å². The van der Waals surface area contributed by atoms with Crippen molar-refractivity contribution in [2.45, 2.75) is 117 Å². The van der Waals surface area contributed by atoms with E-state index in [0.717, 1.165) is 0 Å². The van der Waals surface area contributed by atoms with Crippen molar-refractivity contribution in [1.82, 2.24) is 0 Å². The van der Waals surface area contributed by atoms with Crippen LogP contribution >= 0.6 is 0 Å². The van der Waals surface area contributed by atoms with Gasteiger partial charge >= 0.3 is 0 Å². The number of nitrogens with two attached hydrogens (primary N) is 6. The molecule has 42 heavy (non-hydrogen) atoms. The SMILES string of the molecule is NC[C@@H]1O[C@H](O[C@@H]2[C@H](O)[C@@H](O[C@@H]3[C@@H](O)[C@H](N)C[C@H](N)[C@H]3O[C@H]3O[C@H](CN)[C@@H](O)C(=O)[C@H]3N)O[C@H]2CO)[C@H](N)[C@@H](O)[C@@H]1O. The lowest BCUT2D eigenvalue weighted by molar-refractivity contribution is -0.290. The van der Waals surface area contributed by atoms with Crippen LogP contribution in [0.2, 0.25) is 0 Å². The van der Waals surface area contributed by atoms with Crippen LogP contribution in [0.5, 0.6) is 0 Å². The van der Waals surface area contributed by atoms with Gasteiger partial charge in [-0.2, -0.15) is 0 Å². The molecule has 3 heterocycles.